The highest BCUT2D eigenvalue weighted by Gasteiger charge is 2.19. The summed E-state index contributed by atoms with van der Waals surface area (Å²) < 4.78 is 15.8. The largest absolute Gasteiger partial charge is 0.683 e. The van der Waals surface area contributed by atoms with Crippen LogP contribution in [-0.4, -0.2) is 0 Å². The van der Waals surface area contributed by atoms with E-state index in [-0.39, 0.29) is 0 Å². The van der Waals surface area contributed by atoms with E-state index in [1.165, 1.54) is 0 Å². The smallest absolute Gasteiger partial charge is 0.240 e. The standard InChI is InChI=1S/C10H9ClO2P/c11-14(12)13-10-7-3-5-8-4-1-2-6-9(8)10/h1,3-5,7H,2,6H2/q+1. The average Bonchev–Trinajstić information content (AvgIpc) is 2.18. The third kappa shape index (κ3) is 1.97. The molecule has 4 heteroatoms. The van der Waals surface area contributed by atoms with Crippen LogP contribution in [0.2, 0.25) is 0 Å². The zero-order valence-corrected chi connectivity index (χ0v) is 9.09. The Bertz CT molecular complexity index is 401. The van der Waals surface area contributed by atoms with Gasteiger partial charge in [0.1, 0.15) is 0 Å². The van der Waals surface area contributed by atoms with Gasteiger partial charge in [-0.3, -0.25) is 0 Å². The van der Waals surface area contributed by atoms with Gasteiger partial charge in [-0.05, 0) is 24.5 Å². The molecule has 0 heterocycles. The first-order valence-electron chi connectivity index (χ1n) is 4.37. The number of benzene rings is 1. The molecule has 1 unspecified atom stereocenters. The molecule has 1 aliphatic rings. The Labute approximate surface area is 88.2 Å². The predicted molar refractivity (Wildman–Crippen MR) is 57.9 cm³/mol. The van der Waals surface area contributed by atoms with Crippen LogP contribution in [-0.2, 0) is 11.0 Å². The molecule has 0 radical (unpaired) electrons. The predicted octanol–water partition coefficient (Wildman–Crippen LogP) is 3.92. The van der Waals surface area contributed by atoms with Crippen molar-refractivity contribution < 1.29 is 9.09 Å². The van der Waals surface area contributed by atoms with Gasteiger partial charge in [0.05, 0.1) is 0 Å². The SMILES string of the molecule is O=[P+](Cl)Oc1cccc2c1CCC=C2. The molecule has 0 fully saturated rings. The van der Waals surface area contributed by atoms with Crippen molar-refractivity contribution in [3.05, 3.63) is 35.4 Å². The molecule has 72 valence electrons. The van der Waals surface area contributed by atoms with Gasteiger partial charge >= 0.3 is 7.38 Å². The van der Waals surface area contributed by atoms with E-state index in [1.807, 2.05) is 18.2 Å². The highest BCUT2D eigenvalue weighted by atomic mass is 35.7. The third-order valence-electron chi connectivity index (χ3n) is 2.20. The number of allylic oxidation sites excluding steroid dienone is 1. The second-order valence-corrected chi connectivity index (χ2v) is 4.50. The van der Waals surface area contributed by atoms with Crippen LogP contribution in [0.25, 0.3) is 6.08 Å². The van der Waals surface area contributed by atoms with Gasteiger partial charge in [-0.1, -0.05) is 24.3 Å². The lowest BCUT2D eigenvalue weighted by molar-refractivity contribution is 0.515. The number of hydrogen-bond acceptors (Lipinski definition) is 2. The van der Waals surface area contributed by atoms with E-state index in [2.05, 4.69) is 6.08 Å². The molecule has 1 atom stereocenters. The fourth-order valence-electron chi connectivity index (χ4n) is 1.61. The van der Waals surface area contributed by atoms with Crippen LogP contribution in [0.5, 0.6) is 5.75 Å². The molecule has 0 spiro atoms. The molecule has 0 N–H and O–H groups in total. The molecule has 0 saturated carbocycles. The topological polar surface area (TPSA) is 26.3 Å². The van der Waals surface area contributed by atoms with E-state index >= 15 is 0 Å². The van der Waals surface area contributed by atoms with Gasteiger partial charge in [-0.25, -0.2) is 4.52 Å². The van der Waals surface area contributed by atoms with Gasteiger partial charge in [0.15, 0.2) is 5.75 Å². The van der Waals surface area contributed by atoms with Crippen LogP contribution >= 0.6 is 18.6 Å². The second kappa shape index (κ2) is 4.12. The minimum atomic E-state index is -2.09. The molecule has 1 aromatic carbocycles. The third-order valence-corrected chi connectivity index (χ3v) is 2.75. The monoisotopic (exact) mass is 227 g/mol. The minimum absolute atomic E-state index is 0.642. The summed E-state index contributed by atoms with van der Waals surface area (Å²) in [6.45, 7) is 0. The molecule has 1 aromatic rings. The van der Waals surface area contributed by atoms with Crippen LogP contribution < -0.4 is 4.52 Å². The maximum atomic E-state index is 10.8. The maximum Gasteiger partial charge on any atom is 0.683 e. The molecule has 0 aromatic heterocycles. The molecule has 2 rings (SSSR count). The normalized spacial score (nSPS) is 14.8. The first-order valence-corrected chi connectivity index (χ1v) is 6.45. The van der Waals surface area contributed by atoms with Gasteiger partial charge < -0.3 is 0 Å². The number of fused-ring (bicyclic) bond motifs is 1. The summed E-state index contributed by atoms with van der Waals surface area (Å²) in [4.78, 5) is 0. The van der Waals surface area contributed by atoms with E-state index in [0.717, 1.165) is 24.0 Å². The molecule has 0 amide bonds. The van der Waals surface area contributed by atoms with E-state index in [9.17, 15) is 4.57 Å². The van der Waals surface area contributed by atoms with E-state index < -0.39 is 7.38 Å². The van der Waals surface area contributed by atoms with Crippen LogP contribution in [0.3, 0.4) is 0 Å². The summed E-state index contributed by atoms with van der Waals surface area (Å²) in [5, 5.41) is 0. The fourth-order valence-corrected chi connectivity index (χ4v) is 2.16. The first-order chi connectivity index (χ1) is 6.77. The Hall–Kier alpha value is -0.850. The lowest BCUT2D eigenvalue weighted by Crippen LogP contribution is -1.96. The minimum Gasteiger partial charge on any atom is -0.240 e. The lowest BCUT2D eigenvalue weighted by atomic mass is 9.97. The van der Waals surface area contributed by atoms with E-state index in [1.54, 1.807) is 6.07 Å². The zero-order chi connectivity index (χ0) is 9.97. The number of halogens is 1. The van der Waals surface area contributed by atoms with Crippen molar-refractivity contribution in [2.75, 3.05) is 0 Å². The number of rotatable bonds is 2. The Morgan fingerprint density at radius 1 is 1.43 bits per heavy atom. The van der Waals surface area contributed by atoms with Gasteiger partial charge in [0, 0.05) is 10.1 Å². The molecular formula is C10H9ClO2P+. The molecule has 0 bridgehead atoms. The van der Waals surface area contributed by atoms with Crippen molar-refractivity contribution in [1.82, 2.24) is 0 Å². The average molecular weight is 228 g/mol. The molecule has 2 nitrogen and oxygen atoms in total. The molecule has 14 heavy (non-hydrogen) atoms. The fraction of sp³-hybridized carbons (Fsp3) is 0.200. The molecule has 1 aliphatic carbocycles. The summed E-state index contributed by atoms with van der Waals surface area (Å²) >= 11 is 5.32. The zero-order valence-electron chi connectivity index (χ0n) is 7.44. The van der Waals surface area contributed by atoms with Crippen molar-refractivity contribution in [2.45, 2.75) is 12.8 Å². The Kier molecular flexibility index (Phi) is 2.85. The first kappa shape index (κ1) is 9.70. The number of hydrogen-bond donors (Lipinski definition) is 0. The summed E-state index contributed by atoms with van der Waals surface area (Å²) in [5.41, 5.74) is 2.22. The Morgan fingerprint density at radius 2 is 2.29 bits per heavy atom. The van der Waals surface area contributed by atoms with E-state index in [4.69, 9.17) is 15.8 Å². The van der Waals surface area contributed by atoms with Crippen molar-refractivity contribution in [2.24, 2.45) is 0 Å². The van der Waals surface area contributed by atoms with Crippen molar-refractivity contribution in [3.63, 3.8) is 0 Å². The Morgan fingerprint density at radius 3 is 3.07 bits per heavy atom. The second-order valence-electron chi connectivity index (χ2n) is 3.07. The van der Waals surface area contributed by atoms with Crippen molar-refractivity contribution in [3.8, 4) is 5.75 Å². The van der Waals surface area contributed by atoms with Crippen LogP contribution in [0.4, 0.5) is 0 Å². The van der Waals surface area contributed by atoms with Gasteiger partial charge in [0.25, 0.3) is 11.2 Å². The van der Waals surface area contributed by atoms with Crippen molar-refractivity contribution >= 4 is 24.7 Å². The van der Waals surface area contributed by atoms with E-state index in [0.29, 0.717) is 5.75 Å². The Balaban J connectivity index is 2.41. The van der Waals surface area contributed by atoms with Gasteiger partial charge in [-0.15, -0.1) is 0 Å². The maximum absolute atomic E-state index is 10.8. The molecular weight excluding hydrogens is 219 g/mol. The summed E-state index contributed by atoms with van der Waals surface area (Å²) in [6.07, 6.45) is 6.08. The van der Waals surface area contributed by atoms with Crippen LogP contribution in [0.15, 0.2) is 24.3 Å². The lowest BCUT2D eigenvalue weighted by Gasteiger charge is -2.10. The summed E-state index contributed by atoms with van der Waals surface area (Å²) in [5.74, 6) is 0.642. The quantitative estimate of drug-likeness (QED) is 0.716. The van der Waals surface area contributed by atoms with Gasteiger partial charge in [-0.2, -0.15) is 0 Å². The molecule has 0 aliphatic heterocycles. The highest BCUT2D eigenvalue weighted by Crippen LogP contribution is 2.36. The van der Waals surface area contributed by atoms with Crippen LogP contribution in [0, 0.1) is 0 Å². The van der Waals surface area contributed by atoms with Gasteiger partial charge in [0.2, 0.25) is 0 Å². The van der Waals surface area contributed by atoms with Crippen molar-refractivity contribution in [1.29, 1.82) is 0 Å². The summed E-state index contributed by atoms with van der Waals surface area (Å²) in [7, 11) is -2.09. The summed E-state index contributed by atoms with van der Waals surface area (Å²) in [6, 6.07) is 5.69. The highest BCUT2D eigenvalue weighted by molar-refractivity contribution is 7.70. The van der Waals surface area contributed by atoms with Crippen LogP contribution in [0.1, 0.15) is 17.5 Å². The molecule has 0 saturated heterocycles.